The van der Waals surface area contributed by atoms with Crippen molar-refractivity contribution < 1.29 is 24.1 Å². The number of ether oxygens (including phenoxy) is 3. The third kappa shape index (κ3) is 9.19. The number of hydrogen-bond acceptors (Lipinski definition) is 5. The molecule has 1 N–H and O–H groups in total. The summed E-state index contributed by atoms with van der Waals surface area (Å²) in [7, 11) is 1.64. The van der Waals surface area contributed by atoms with Gasteiger partial charge in [-0.05, 0) is 43.9 Å². The molecule has 0 aliphatic rings. The maximum absolute atomic E-state index is 11.0. The van der Waals surface area contributed by atoms with Crippen molar-refractivity contribution in [3.05, 3.63) is 29.8 Å². The molecule has 1 aromatic rings. The summed E-state index contributed by atoms with van der Waals surface area (Å²) in [4.78, 5) is 11.0. The van der Waals surface area contributed by atoms with Gasteiger partial charge in [0.05, 0.1) is 20.3 Å². The average Bonchev–Trinajstić information content (AvgIpc) is 2.60. The highest BCUT2D eigenvalue weighted by Crippen LogP contribution is 2.12. The lowest BCUT2D eigenvalue weighted by atomic mass is 10.1. The van der Waals surface area contributed by atoms with E-state index in [1.807, 2.05) is 24.3 Å². The van der Waals surface area contributed by atoms with Gasteiger partial charge in [0.25, 0.3) is 0 Å². The number of carbonyl (C=O) groups excluding carboxylic acids is 1. The molecular weight excluding hydrogens is 308 g/mol. The largest absolute Gasteiger partial charge is 0.497 e. The maximum atomic E-state index is 11.0. The quantitative estimate of drug-likeness (QED) is 0.308. The Hall–Kier alpha value is -2.03. The lowest BCUT2D eigenvalue weighted by Crippen LogP contribution is -2.06. The second-order valence-corrected chi connectivity index (χ2v) is 5.26. The number of rotatable bonds is 10. The first kappa shape index (κ1) is 20.0. The van der Waals surface area contributed by atoms with Crippen LogP contribution >= 0.6 is 0 Å². The summed E-state index contributed by atoms with van der Waals surface area (Å²) in [5, 5.41) is 9.64. The molecule has 0 aromatic heterocycles. The smallest absolute Gasteiger partial charge is 0.384 e. The standard InChI is InChI=1S/C19H26O5/c1-3-24-19(21)13-10-17(20)7-5-4-6-14-23-15-16-8-11-18(22-2)12-9-16/h8-9,11-12,17,20H,3-7,14-15H2,1-2H3. The second kappa shape index (κ2) is 12.4. The van der Waals surface area contributed by atoms with Crippen molar-refractivity contribution >= 4 is 5.97 Å². The Kier molecular flexibility index (Phi) is 10.3. The number of methoxy groups -OCH3 is 1. The van der Waals surface area contributed by atoms with Crippen LogP contribution in [0.3, 0.4) is 0 Å². The Morgan fingerprint density at radius 1 is 1.21 bits per heavy atom. The Bertz CT molecular complexity index is 527. The zero-order chi connectivity index (χ0) is 17.6. The van der Waals surface area contributed by atoms with Crippen molar-refractivity contribution in [3.63, 3.8) is 0 Å². The monoisotopic (exact) mass is 334 g/mol. The van der Waals surface area contributed by atoms with E-state index in [1.165, 1.54) is 0 Å². The fourth-order valence-electron chi connectivity index (χ4n) is 2.01. The van der Waals surface area contributed by atoms with Crippen LogP contribution in [0.1, 0.15) is 38.2 Å². The fourth-order valence-corrected chi connectivity index (χ4v) is 2.01. The predicted molar refractivity (Wildman–Crippen MR) is 91.5 cm³/mol. The molecule has 1 aromatic carbocycles. The minimum absolute atomic E-state index is 0.292. The summed E-state index contributed by atoms with van der Waals surface area (Å²) in [6, 6.07) is 7.80. The SMILES string of the molecule is CCOC(=O)C#CC(O)CCCCCOCc1ccc(OC)cc1. The van der Waals surface area contributed by atoms with Crippen LogP contribution in [0.4, 0.5) is 0 Å². The van der Waals surface area contributed by atoms with Crippen molar-refractivity contribution in [3.8, 4) is 17.6 Å². The van der Waals surface area contributed by atoms with Gasteiger partial charge in [0.2, 0.25) is 0 Å². The van der Waals surface area contributed by atoms with Gasteiger partial charge >= 0.3 is 5.97 Å². The van der Waals surface area contributed by atoms with Crippen molar-refractivity contribution in [2.24, 2.45) is 0 Å². The highest BCUT2D eigenvalue weighted by Gasteiger charge is 2.01. The lowest BCUT2D eigenvalue weighted by molar-refractivity contribution is -0.136. The molecule has 1 unspecified atom stereocenters. The number of unbranched alkanes of at least 4 members (excludes halogenated alkanes) is 2. The van der Waals surface area contributed by atoms with Gasteiger partial charge in [0.1, 0.15) is 11.9 Å². The van der Waals surface area contributed by atoms with E-state index in [2.05, 4.69) is 16.6 Å². The number of esters is 1. The predicted octanol–water partition coefficient (Wildman–Crippen LogP) is 2.70. The van der Waals surface area contributed by atoms with Gasteiger partial charge in [-0.3, -0.25) is 0 Å². The van der Waals surface area contributed by atoms with E-state index in [-0.39, 0.29) is 0 Å². The first-order valence-corrected chi connectivity index (χ1v) is 8.22. The van der Waals surface area contributed by atoms with E-state index >= 15 is 0 Å². The van der Waals surface area contributed by atoms with Crippen LogP contribution in [-0.4, -0.2) is 37.5 Å². The molecule has 5 heteroatoms. The molecule has 0 radical (unpaired) electrons. The summed E-state index contributed by atoms with van der Waals surface area (Å²) in [6.07, 6.45) is 2.47. The molecule has 0 amide bonds. The molecule has 132 valence electrons. The van der Waals surface area contributed by atoms with Crippen LogP contribution < -0.4 is 4.74 Å². The zero-order valence-electron chi connectivity index (χ0n) is 14.4. The third-order valence-corrected chi connectivity index (χ3v) is 3.31. The summed E-state index contributed by atoms with van der Waals surface area (Å²) < 4.78 is 15.4. The lowest BCUT2D eigenvalue weighted by Gasteiger charge is -2.06. The number of hydrogen-bond donors (Lipinski definition) is 1. The molecule has 1 rings (SSSR count). The minimum atomic E-state index is -0.783. The summed E-state index contributed by atoms with van der Waals surface area (Å²) in [5.41, 5.74) is 1.11. The highest BCUT2D eigenvalue weighted by molar-refractivity contribution is 5.88. The molecule has 0 saturated heterocycles. The number of aliphatic hydroxyl groups is 1. The molecule has 0 aliphatic carbocycles. The van der Waals surface area contributed by atoms with Crippen LogP contribution in [-0.2, 0) is 20.9 Å². The molecule has 0 aliphatic heterocycles. The van der Waals surface area contributed by atoms with Crippen LogP contribution in [0, 0.1) is 11.8 Å². The van der Waals surface area contributed by atoms with E-state index in [0.717, 1.165) is 30.6 Å². The van der Waals surface area contributed by atoms with Gasteiger partial charge in [0, 0.05) is 12.5 Å². The Labute approximate surface area is 143 Å². The van der Waals surface area contributed by atoms with Gasteiger partial charge in [-0.15, -0.1) is 0 Å². The van der Waals surface area contributed by atoms with Crippen LogP contribution in [0.2, 0.25) is 0 Å². The molecule has 5 nitrogen and oxygen atoms in total. The molecule has 0 saturated carbocycles. The van der Waals surface area contributed by atoms with Gasteiger partial charge in [0.15, 0.2) is 0 Å². The van der Waals surface area contributed by atoms with Gasteiger partial charge in [-0.1, -0.05) is 24.5 Å². The van der Waals surface area contributed by atoms with E-state index in [1.54, 1.807) is 14.0 Å². The molecule has 0 bridgehead atoms. The van der Waals surface area contributed by atoms with Gasteiger partial charge in [-0.2, -0.15) is 0 Å². The van der Waals surface area contributed by atoms with Gasteiger partial charge in [-0.25, -0.2) is 4.79 Å². The maximum Gasteiger partial charge on any atom is 0.384 e. The Morgan fingerprint density at radius 2 is 1.96 bits per heavy atom. The first-order valence-electron chi connectivity index (χ1n) is 8.22. The van der Waals surface area contributed by atoms with E-state index in [9.17, 15) is 9.90 Å². The normalized spacial score (nSPS) is 11.3. The molecular formula is C19H26O5. The Balaban J connectivity index is 2.04. The third-order valence-electron chi connectivity index (χ3n) is 3.31. The van der Waals surface area contributed by atoms with Crippen molar-refractivity contribution in [1.82, 2.24) is 0 Å². The number of aliphatic hydroxyl groups excluding tert-OH is 1. The topological polar surface area (TPSA) is 65.0 Å². The number of carbonyl (C=O) groups is 1. The van der Waals surface area contributed by atoms with Crippen molar-refractivity contribution in [2.45, 2.75) is 45.3 Å². The summed E-state index contributed by atoms with van der Waals surface area (Å²) >= 11 is 0. The van der Waals surface area contributed by atoms with E-state index in [0.29, 0.717) is 26.2 Å². The minimum Gasteiger partial charge on any atom is -0.497 e. The van der Waals surface area contributed by atoms with Crippen LogP contribution in [0.25, 0.3) is 0 Å². The average molecular weight is 334 g/mol. The van der Waals surface area contributed by atoms with Gasteiger partial charge < -0.3 is 19.3 Å². The van der Waals surface area contributed by atoms with E-state index in [4.69, 9.17) is 9.47 Å². The fraction of sp³-hybridized carbons (Fsp3) is 0.526. The molecule has 0 spiro atoms. The van der Waals surface area contributed by atoms with Crippen LogP contribution in [0.5, 0.6) is 5.75 Å². The second-order valence-electron chi connectivity index (χ2n) is 5.26. The first-order chi connectivity index (χ1) is 11.7. The molecule has 0 fully saturated rings. The van der Waals surface area contributed by atoms with Crippen molar-refractivity contribution in [1.29, 1.82) is 0 Å². The van der Waals surface area contributed by atoms with E-state index < -0.39 is 12.1 Å². The molecule has 24 heavy (non-hydrogen) atoms. The summed E-state index contributed by atoms with van der Waals surface area (Å²) in [5.74, 6) is 5.01. The summed E-state index contributed by atoms with van der Waals surface area (Å²) in [6.45, 7) is 3.27. The zero-order valence-corrected chi connectivity index (χ0v) is 14.4. The van der Waals surface area contributed by atoms with Crippen molar-refractivity contribution in [2.75, 3.05) is 20.3 Å². The highest BCUT2D eigenvalue weighted by atomic mass is 16.5. The van der Waals surface area contributed by atoms with Crippen LogP contribution in [0.15, 0.2) is 24.3 Å². The number of benzene rings is 1. The molecule has 1 atom stereocenters. The molecule has 0 heterocycles. The Morgan fingerprint density at radius 3 is 2.62 bits per heavy atom.